The van der Waals surface area contributed by atoms with Crippen molar-refractivity contribution in [3.63, 3.8) is 0 Å². The Morgan fingerprint density at radius 1 is 1.48 bits per heavy atom. The molecule has 8 nitrogen and oxygen atoms in total. The monoisotopic (exact) mass is 289 g/mol. The molecule has 1 saturated heterocycles. The highest BCUT2D eigenvalue weighted by atomic mass is 16.5. The van der Waals surface area contributed by atoms with Gasteiger partial charge in [-0.05, 0) is 6.42 Å². The number of H-pyrrole nitrogens is 1. The average molecular weight is 289 g/mol. The van der Waals surface area contributed by atoms with Crippen LogP contribution in [0.15, 0.2) is 6.20 Å². The summed E-state index contributed by atoms with van der Waals surface area (Å²) in [4.78, 5) is 6.86. The van der Waals surface area contributed by atoms with Gasteiger partial charge in [0.2, 0.25) is 0 Å². The summed E-state index contributed by atoms with van der Waals surface area (Å²) in [6.45, 7) is 5.39. The smallest absolute Gasteiger partial charge is 0.150 e. The van der Waals surface area contributed by atoms with E-state index in [4.69, 9.17) is 4.74 Å². The van der Waals surface area contributed by atoms with Crippen LogP contribution in [0, 0.1) is 0 Å². The van der Waals surface area contributed by atoms with Crippen molar-refractivity contribution in [1.82, 2.24) is 35.1 Å². The van der Waals surface area contributed by atoms with Gasteiger partial charge in [0.1, 0.15) is 11.6 Å². The predicted octanol–water partition coefficient (Wildman–Crippen LogP) is 0.304. The molecular weight excluding hydrogens is 270 g/mol. The first-order valence-electron chi connectivity index (χ1n) is 7.46. The minimum atomic E-state index is 0.247. The van der Waals surface area contributed by atoms with Gasteiger partial charge in [-0.3, -0.25) is 10.00 Å². The molecule has 21 heavy (non-hydrogen) atoms. The van der Waals surface area contributed by atoms with E-state index < -0.39 is 0 Å². The number of aromatic nitrogens is 6. The highest BCUT2D eigenvalue weighted by Crippen LogP contribution is 2.30. The Labute approximate surface area is 122 Å². The van der Waals surface area contributed by atoms with E-state index in [0.29, 0.717) is 6.61 Å². The summed E-state index contributed by atoms with van der Waals surface area (Å²) in [6.07, 6.45) is 3.91. The maximum atomic E-state index is 5.92. The molecule has 8 heteroatoms. The molecule has 4 heterocycles. The Morgan fingerprint density at radius 3 is 3.29 bits per heavy atom. The molecule has 0 aliphatic carbocycles. The van der Waals surface area contributed by atoms with Crippen molar-refractivity contribution in [3.8, 4) is 0 Å². The molecule has 0 saturated carbocycles. The molecule has 1 fully saturated rings. The van der Waals surface area contributed by atoms with Crippen LogP contribution in [-0.4, -0.2) is 54.3 Å². The maximum Gasteiger partial charge on any atom is 0.150 e. The summed E-state index contributed by atoms with van der Waals surface area (Å²) in [6, 6.07) is 0.249. The molecule has 2 aliphatic heterocycles. The maximum absolute atomic E-state index is 5.92. The highest BCUT2D eigenvalue weighted by molar-refractivity contribution is 5.01. The number of likely N-dealkylation sites (tertiary alicyclic amines) is 1. The van der Waals surface area contributed by atoms with E-state index >= 15 is 0 Å². The molecule has 0 bridgehead atoms. The van der Waals surface area contributed by atoms with Gasteiger partial charge in [-0.1, -0.05) is 12.1 Å². The van der Waals surface area contributed by atoms with Gasteiger partial charge in [-0.2, -0.15) is 5.10 Å². The van der Waals surface area contributed by atoms with Crippen molar-refractivity contribution < 1.29 is 4.74 Å². The van der Waals surface area contributed by atoms with Crippen molar-refractivity contribution in [3.05, 3.63) is 23.5 Å². The van der Waals surface area contributed by atoms with Crippen LogP contribution < -0.4 is 0 Å². The molecule has 2 atom stereocenters. The van der Waals surface area contributed by atoms with E-state index in [1.807, 2.05) is 4.68 Å². The normalized spacial score (nSPS) is 25.6. The fourth-order valence-corrected chi connectivity index (χ4v) is 3.16. The summed E-state index contributed by atoms with van der Waals surface area (Å²) in [7, 11) is 0. The van der Waals surface area contributed by atoms with Crippen LogP contribution in [0.25, 0.3) is 0 Å². The number of aryl methyl sites for hydroxylation is 1. The minimum Gasteiger partial charge on any atom is -0.370 e. The van der Waals surface area contributed by atoms with Gasteiger partial charge in [0, 0.05) is 19.5 Å². The third-order valence-electron chi connectivity index (χ3n) is 4.28. The van der Waals surface area contributed by atoms with E-state index in [0.717, 1.165) is 49.8 Å². The van der Waals surface area contributed by atoms with E-state index in [9.17, 15) is 0 Å². The molecule has 1 N–H and O–H groups in total. The lowest BCUT2D eigenvalue weighted by atomic mass is 10.0. The number of piperidine rings is 1. The van der Waals surface area contributed by atoms with Gasteiger partial charge < -0.3 is 4.74 Å². The lowest BCUT2D eigenvalue weighted by molar-refractivity contribution is -0.0673. The molecule has 0 unspecified atom stereocenters. The molecule has 2 aromatic rings. The summed E-state index contributed by atoms with van der Waals surface area (Å²) in [5, 5.41) is 15.4. The molecule has 0 radical (unpaired) electrons. The van der Waals surface area contributed by atoms with Crippen molar-refractivity contribution in [2.24, 2.45) is 0 Å². The van der Waals surface area contributed by atoms with Gasteiger partial charge in [0.25, 0.3) is 0 Å². The van der Waals surface area contributed by atoms with Crippen LogP contribution in [-0.2, 0) is 24.3 Å². The minimum absolute atomic E-state index is 0.247. The van der Waals surface area contributed by atoms with Crippen molar-refractivity contribution in [1.29, 1.82) is 0 Å². The van der Waals surface area contributed by atoms with Crippen LogP contribution in [0.3, 0.4) is 0 Å². The Hall–Kier alpha value is -1.80. The standard InChI is InChI=1S/C13H19N7O/c1-2-12-15-13(17-16-12)7-19-4-3-11-10(6-19)20-9(8-21-11)5-14-18-20/h5,10-11H,2-4,6-8H2,1H3,(H,15,16,17)/t10-,11-/m1/s1. The number of ether oxygens (including phenoxy) is 1. The zero-order valence-corrected chi connectivity index (χ0v) is 12.1. The summed E-state index contributed by atoms with van der Waals surface area (Å²) in [5.74, 6) is 1.81. The Balaban J connectivity index is 1.48. The molecule has 4 rings (SSSR count). The second-order valence-electron chi connectivity index (χ2n) is 5.66. The van der Waals surface area contributed by atoms with Crippen LogP contribution in [0.5, 0.6) is 0 Å². The molecule has 0 amide bonds. The highest BCUT2D eigenvalue weighted by Gasteiger charge is 2.36. The van der Waals surface area contributed by atoms with Crippen molar-refractivity contribution in [2.75, 3.05) is 13.1 Å². The molecule has 2 aliphatic rings. The van der Waals surface area contributed by atoms with Gasteiger partial charge in [-0.15, -0.1) is 5.10 Å². The molecular formula is C13H19N7O. The lowest BCUT2D eigenvalue weighted by Crippen LogP contribution is -2.47. The lowest BCUT2D eigenvalue weighted by Gasteiger charge is -2.40. The number of nitrogens with one attached hydrogen (secondary N) is 1. The first-order valence-corrected chi connectivity index (χ1v) is 7.46. The first kappa shape index (κ1) is 12.9. The van der Waals surface area contributed by atoms with Gasteiger partial charge >= 0.3 is 0 Å². The van der Waals surface area contributed by atoms with E-state index in [1.54, 1.807) is 6.20 Å². The summed E-state index contributed by atoms with van der Waals surface area (Å²) < 4.78 is 7.95. The van der Waals surface area contributed by atoms with Gasteiger partial charge in [0.05, 0.1) is 37.2 Å². The fourth-order valence-electron chi connectivity index (χ4n) is 3.16. The third-order valence-corrected chi connectivity index (χ3v) is 4.28. The Bertz CT molecular complexity index is 622. The summed E-state index contributed by atoms with van der Waals surface area (Å²) in [5.41, 5.74) is 1.06. The zero-order valence-electron chi connectivity index (χ0n) is 12.1. The van der Waals surface area contributed by atoms with E-state index in [-0.39, 0.29) is 12.1 Å². The number of rotatable bonds is 3. The first-order chi connectivity index (χ1) is 10.3. The SMILES string of the molecule is CCc1n[nH]c(CN2CC[C@H]3OCc4cnnn4[C@@H]3C2)n1. The molecule has 0 spiro atoms. The number of nitrogens with zero attached hydrogens (tertiary/aromatic N) is 6. The Kier molecular flexibility index (Phi) is 3.19. The predicted molar refractivity (Wildman–Crippen MR) is 73.3 cm³/mol. The van der Waals surface area contributed by atoms with Crippen molar-refractivity contribution in [2.45, 2.75) is 45.1 Å². The number of fused-ring (bicyclic) bond motifs is 3. The topological polar surface area (TPSA) is 84.8 Å². The van der Waals surface area contributed by atoms with Crippen LogP contribution >= 0.6 is 0 Å². The molecule has 2 aromatic heterocycles. The van der Waals surface area contributed by atoms with Crippen LogP contribution in [0.4, 0.5) is 0 Å². The van der Waals surface area contributed by atoms with Gasteiger partial charge in [0.15, 0.2) is 0 Å². The molecule has 0 aromatic carbocycles. The van der Waals surface area contributed by atoms with Crippen molar-refractivity contribution >= 4 is 0 Å². The average Bonchev–Trinajstić information content (AvgIpc) is 3.15. The second-order valence-corrected chi connectivity index (χ2v) is 5.66. The number of aromatic amines is 1. The Morgan fingerprint density at radius 2 is 2.43 bits per heavy atom. The largest absolute Gasteiger partial charge is 0.370 e. The van der Waals surface area contributed by atoms with E-state index in [1.165, 1.54) is 0 Å². The second kappa shape index (κ2) is 5.19. The molecule has 112 valence electrons. The fraction of sp³-hybridized carbons (Fsp3) is 0.692. The number of hydrogen-bond acceptors (Lipinski definition) is 6. The zero-order chi connectivity index (χ0) is 14.2. The number of hydrogen-bond donors (Lipinski definition) is 1. The third kappa shape index (κ3) is 2.34. The van der Waals surface area contributed by atoms with Crippen LogP contribution in [0.2, 0.25) is 0 Å². The van der Waals surface area contributed by atoms with Gasteiger partial charge in [-0.25, -0.2) is 9.67 Å². The van der Waals surface area contributed by atoms with E-state index in [2.05, 4.69) is 37.3 Å². The summed E-state index contributed by atoms with van der Waals surface area (Å²) >= 11 is 0. The quantitative estimate of drug-likeness (QED) is 0.875. The van der Waals surface area contributed by atoms with Crippen LogP contribution in [0.1, 0.15) is 36.7 Å².